The molecule has 0 saturated carbocycles. The zero-order valence-corrected chi connectivity index (χ0v) is 16.6. The molecule has 0 aromatic carbocycles. The van der Waals surface area contributed by atoms with E-state index in [4.69, 9.17) is 6.15 Å². The Morgan fingerprint density at radius 2 is 1.16 bits per heavy atom. The second kappa shape index (κ2) is 10.9. The fourth-order valence-electron chi connectivity index (χ4n) is 1.66. The Balaban J connectivity index is 4.93. The molecule has 0 rings (SSSR count). The average molecular weight is 375 g/mol. The predicted molar refractivity (Wildman–Crippen MR) is 86.7 cm³/mol. The summed E-state index contributed by atoms with van der Waals surface area (Å²) in [6.07, 6.45) is 6.75. The summed E-state index contributed by atoms with van der Waals surface area (Å²) in [6.45, 7) is 14.6. The molecule has 0 aromatic rings. The molecule has 2 nitrogen and oxygen atoms in total. The van der Waals surface area contributed by atoms with Crippen LogP contribution in [0.3, 0.4) is 0 Å². The van der Waals surface area contributed by atoms with Gasteiger partial charge in [-0.15, -0.1) is 0 Å². The maximum atomic E-state index is 6.28. The van der Waals surface area contributed by atoms with E-state index in [0.717, 1.165) is 34.9 Å². The molecule has 0 radical (unpaired) electrons. The van der Waals surface area contributed by atoms with Crippen LogP contribution in [0, 0.1) is 0 Å². The van der Waals surface area contributed by atoms with Crippen molar-refractivity contribution in [2.75, 3.05) is 13.2 Å². The van der Waals surface area contributed by atoms with Crippen molar-refractivity contribution in [2.45, 2.75) is 63.3 Å². The van der Waals surface area contributed by atoms with Crippen molar-refractivity contribution in [3.8, 4) is 0 Å². The Labute approximate surface area is 125 Å². The van der Waals surface area contributed by atoms with Crippen LogP contribution < -0.4 is 0 Å². The van der Waals surface area contributed by atoms with E-state index in [1.54, 1.807) is 0 Å². The van der Waals surface area contributed by atoms with Crippen LogP contribution in [0.5, 0.6) is 0 Å². The number of rotatable bonds is 10. The molecule has 19 heavy (non-hydrogen) atoms. The van der Waals surface area contributed by atoms with Crippen LogP contribution in [0.25, 0.3) is 0 Å². The molecule has 0 fully saturated rings. The Kier molecular flexibility index (Phi) is 11.0. The van der Waals surface area contributed by atoms with Gasteiger partial charge in [-0.25, -0.2) is 0 Å². The van der Waals surface area contributed by atoms with Gasteiger partial charge in [0, 0.05) is 0 Å². The molecule has 0 saturated heterocycles. The van der Waals surface area contributed by atoms with E-state index in [1.165, 1.54) is 11.1 Å². The van der Waals surface area contributed by atoms with Gasteiger partial charge in [-0.2, -0.15) is 0 Å². The summed E-state index contributed by atoms with van der Waals surface area (Å²) in [4.78, 5) is 0. The van der Waals surface area contributed by atoms with Crippen LogP contribution in [0.15, 0.2) is 23.3 Å². The van der Waals surface area contributed by atoms with Crippen LogP contribution in [-0.2, 0) is 6.15 Å². The number of allylic oxidation sites excluding steroid dienone is 4. The topological polar surface area (TPSA) is 18.5 Å². The minimum absolute atomic E-state index is 0.840. The fraction of sp³-hybridized carbons (Fsp3) is 0.750. The van der Waals surface area contributed by atoms with E-state index in [9.17, 15) is 0 Å². The van der Waals surface area contributed by atoms with E-state index in [-0.39, 0.29) is 0 Å². The molecule has 0 aliphatic rings. The number of hydrogen-bond acceptors (Lipinski definition) is 2. The molecule has 0 N–H and O–H groups in total. The molecule has 0 spiro atoms. The first kappa shape index (κ1) is 19.2. The summed E-state index contributed by atoms with van der Waals surface area (Å²) in [6, 6.07) is 0. The average Bonchev–Trinajstić information content (AvgIpc) is 2.37. The SMILES string of the molecule is CCC[O][Sn]([CH2]C=C(C)C)([CH2]C=C(C)C)[O]CCC. The van der Waals surface area contributed by atoms with Crippen molar-refractivity contribution in [2.24, 2.45) is 0 Å². The molecule has 0 atom stereocenters. The zero-order valence-electron chi connectivity index (χ0n) is 13.7. The third kappa shape index (κ3) is 9.69. The molecule has 0 heterocycles. The van der Waals surface area contributed by atoms with Gasteiger partial charge in [0.15, 0.2) is 0 Å². The van der Waals surface area contributed by atoms with Gasteiger partial charge in [0.2, 0.25) is 0 Å². The normalized spacial score (nSPS) is 11.3. The quantitative estimate of drug-likeness (QED) is 0.385. The Morgan fingerprint density at radius 3 is 1.42 bits per heavy atom. The maximum absolute atomic E-state index is 6.28. The minimum atomic E-state index is -2.95. The van der Waals surface area contributed by atoms with Gasteiger partial charge in [0.05, 0.1) is 0 Å². The second-order valence-electron chi connectivity index (χ2n) is 5.58. The van der Waals surface area contributed by atoms with E-state index < -0.39 is 19.2 Å². The molecule has 3 heteroatoms. The Morgan fingerprint density at radius 1 is 0.789 bits per heavy atom. The van der Waals surface area contributed by atoms with Gasteiger partial charge in [-0.1, -0.05) is 0 Å². The summed E-state index contributed by atoms with van der Waals surface area (Å²) in [5.41, 5.74) is 2.72. The number of hydrogen-bond donors (Lipinski definition) is 0. The molecule has 0 aromatic heterocycles. The Hall–Kier alpha value is 0.199. The molecule has 0 amide bonds. The van der Waals surface area contributed by atoms with Crippen molar-refractivity contribution in [3.63, 3.8) is 0 Å². The molecule has 0 aliphatic heterocycles. The molecule has 0 unspecified atom stereocenters. The monoisotopic (exact) mass is 376 g/mol. The second-order valence-corrected chi connectivity index (χ2v) is 14.8. The van der Waals surface area contributed by atoms with Crippen LogP contribution in [0.2, 0.25) is 8.87 Å². The van der Waals surface area contributed by atoms with Gasteiger partial charge >= 0.3 is 125 Å². The van der Waals surface area contributed by atoms with E-state index in [2.05, 4.69) is 53.7 Å². The van der Waals surface area contributed by atoms with Crippen molar-refractivity contribution < 1.29 is 6.15 Å². The summed E-state index contributed by atoms with van der Waals surface area (Å²) < 4.78 is 14.6. The zero-order chi connectivity index (χ0) is 14.7. The third-order valence-electron chi connectivity index (χ3n) is 2.78. The Bertz CT molecular complexity index is 257. The first-order valence-corrected chi connectivity index (χ1v) is 13.9. The predicted octanol–water partition coefficient (Wildman–Crippen LogP) is 5.21. The molecule has 0 aliphatic carbocycles. The summed E-state index contributed by atoms with van der Waals surface area (Å²) >= 11 is -2.95. The van der Waals surface area contributed by atoms with Crippen molar-refractivity contribution >= 4 is 19.2 Å². The van der Waals surface area contributed by atoms with Gasteiger partial charge in [-0.05, 0) is 0 Å². The van der Waals surface area contributed by atoms with E-state index in [0.29, 0.717) is 0 Å². The van der Waals surface area contributed by atoms with Gasteiger partial charge < -0.3 is 0 Å². The first-order chi connectivity index (χ1) is 8.95. The molecule has 112 valence electrons. The molecular formula is C16H32O2Sn. The van der Waals surface area contributed by atoms with Crippen molar-refractivity contribution in [1.82, 2.24) is 0 Å². The van der Waals surface area contributed by atoms with Crippen LogP contribution >= 0.6 is 0 Å². The van der Waals surface area contributed by atoms with Crippen LogP contribution in [0.4, 0.5) is 0 Å². The van der Waals surface area contributed by atoms with E-state index >= 15 is 0 Å². The first-order valence-electron chi connectivity index (χ1n) is 7.50. The fourth-order valence-corrected chi connectivity index (χ4v) is 11.1. The summed E-state index contributed by atoms with van der Waals surface area (Å²) in [7, 11) is 0. The standard InChI is InChI=1S/2C5H9.2C3H7O.Sn/c2*1-4-5(2)3;2*1-2-3-4;/h2*4H,1H2,2-3H3;2*2-3H2,1H3;/q;;2*-1;+2. The van der Waals surface area contributed by atoms with Crippen molar-refractivity contribution in [3.05, 3.63) is 23.3 Å². The third-order valence-corrected chi connectivity index (χ3v) is 11.7. The summed E-state index contributed by atoms with van der Waals surface area (Å²) in [5, 5.41) is 0. The van der Waals surface area contributed by atoms with Crippen LogP contribution in [-0.4, -0.2) is 32.4 Å². The molecule has 0 bridgehead atoms. The van der Waals surface area contributed by atoms with Gasteiger partial charge in [0.1, 0.15) is 0 Å². The van der Waals surface area contributed by atoms with Crippen LogP contribution in [0.1, 0.15) is 54.4 Å². The molecular weight excluding hydrogens is 343 g/mol. The van der Waals surface area contributed by atoms with Crippen molar-refractivity contribution in [1.29, 1.82) is 0 Å². The van der Waals surface area contributed by atoms with Gasteiger partial charge in [-0.3, -0.25) is 0 Å². The van der Waals surface area contributed by atoms with E-state index in [1.807, 2.05) is 0 Å². The van der Waals surface area contributed by atoms with Gasteiger partial charge in [0.25, 0.3) is 0 Å². The summed E-state index contributed by atoms with van der Waals surface area (Å²) in [5.74, 6) is 0.